The fourth-order valence-electron chi connectivity index (χ4n) is 2.99. The van der Waals surface area contributed by atoms with Gasteiger partial charge < -0.3 is 14.8 Å². The van der Waals surface area contributed by atoms with Gasteiger partial charge in [0, 0.05) is 18.8 Å². The van der Waals surface area contributed by atoms with Crippen molar-refractivity contribution in [3.8, 4) is 6.07 Å². The van der Waals surface area contributed by atoms with E-state index in [2.05, 4.69) is 20.5 Å². The predicted octanol–water partition coefficient (Wildman–Crippen LogP) is 3.37. The highest BCUT2D eigenvalue weighted by atomic mass is 19.4. The Morgan fingerprint density at radius 1 is 1.16 bits per heavy atom. The summed E-state index contributed by atoms with van der Waals surface area (Å²) in [5, 5.41) is 18.1. The van der Waals surface area contributed by atoms with Gasteiger partial charge in [-0.3, -0.25) is 4.79 Å². The SMILES string of the molecule is CC.Cc1cc(C(F)(F)F)c(C#N)c(NCC(=O)N2CCn3c(nnc3C(F)(F)F)C2)n1. The Hall–Kier alpha value is -3.37. The zero-order chi connectivity index (χ0) is 24.3. The summed E-state index contributed by atoms with van der Waals surface area (Å²) < 4.78 is 78.9. The number of carbonyl (C=O) groups excluding carboxylic acids is 1. The zero-order valence-electron chi connectivity index (χ0n) is 17.3. The van der Waals surface area contributed by atoms with Gasteiger partial charge in [-0.1, -0.05) is 13.8 Å². The highest BCUT2D eigenvalue weighted by Crippen LogP contribution is 2.34. The molecule has 0 aromatic carbocycles. The van der Waals surface area contributed by atoms with E-state index in [0.717, 1.165) is 10.6 Å². The van der Waals surface area contributed by atoms with Crippen molar-refractivity contribution in [3.05, 3.63) is 34.5 Å². The van der Waals surface area contributed by atoms with Crippen LogP contribution in [0.2, 0.25) is 0 Å². The van der Waals surface area contributed by atoms with Gasteiger partial charge in [-0.2, -0.15) is 31.6 Å². The lowest BCUT2D eigenvalue weighted by Gasteiger charge is -2.28. The Kier molecular flexibility index (Phi) is 7.32. The summed E-state index contributed by atoms with van der Waals surface area (Å²) in [7, 11) is 0. The predicted molar refractivity (Wildman–Crippen MR) is 99.0 cm³/mol. The van der Waals surface area contributed by atoms with E-state index in [1.54, 1.807) is 0 Å². The van der Waals surface area contributed by atoms with Gasteiger partial charge in [0.1, 0.15) is 17.5 Å². The van der Waals surface area contributed by atoms with Gasteiger partial charge in [-0.25, -0.2) is 4.98 Å². The first kappa shape index (κ1) is 24.9. The maximum atomic E-state index is 13.1. The number of aryl methyl sites for hydroxylation is 1. The van der Waals surface area contributed by atoms with Crippen molar-refractivity contribution in [2.24, 2.45) is 0 Å². The van der Waals surface area contributed by atoms with E-state index < -0.39 is 47.6 Å². The average Bonchev–Trinajstić information content (AvgIpc) is 3.16. The molecule has 2 aromatic rings. The lowest BCUT2D eigenvalue weighted by atomic mass is 10.1. The molecule has 32 heavy (non-hydrogen) atoms. The molecule has 3 rings (SSSR count). The third kappa shape index (κ3) is 5.27. The molecule has 0 bridgehead atoms. The van der Waals surface area contributed by atoms with E-state index in [-0.39, 0.29) is 31.2 Å². The second-order valence-electron chi connectivity index (χ2n) is 6.40. The van der Waals surface area contributed by atoms with Crippen LogP contribution in [-0.4, -0.2) is 43.6 Å². The Labute approximate surface area is 178 Å². The molecule has 0 saturated carbocycles. The molecule has 2 aromatic heterocycles. The molecule has 0 fully saturated rings. The first-order chi connectivity index (χ1) is 14.9. The summed E-state index contributed by atoms with van der Waals surface area (Å²) in [5.41, 5.74) is -1.95. The minimum Gasteiger partial charge on any atom is -0.360 e. The van der Waals surface area contributed by atoms with E-state index in [0.29, 0.717) is 0 Å². The molecule has 174 valence electrons. The van der Waals surface area contributed by atoms with Crippen molar-refractivity contribution in [3.63, 3.8) is 0 Å². The topological polar surface area (TPSA) is 99.7 Å². The van der Waals surface area contributed by atoms with Crippen LogP contribution in [0.4, 0.5) is 32.2 Å². The highest BCUT2D eigenvalue weighted by molar-refractivity contribution is 5.81. The van der Waals surface area contributed by atoms with Gasteiger partial charge in [-0.05, 0) is 13.0 Å². The largest absolute Gasteiger partial charge is 0.451 e. The molecule has 0 aliphatic carbocycles. The van der Waals surface area contributed by atoms with Gasteiger partial charge in [0.25, 0.3) is 0 Å². The number of aromatic nitrogens is 4. The number of rotatable bonds is 3. The van der Waals surface area contributed by atoms with Crippen molar-refractivity contribution in [2.75, 3.05) is 18.4 Å². The second kappa shape index (κ2) is 9.41. The summed E-state index contributed by atoms with van der Waals surface area (Å²) in [4.78, 5) is 17.4. The van der Waals surface area contributed by atoms with Crippen molar-refractivity contribution in [2.45, 2.75) is 46.2 Å². The Morgan fingerprint density at radius 3 is 2.38 bits per heavy atom. The van der Waals surface area contributed by atoms with Crippen LogP contribution < -0.4 is 5.32 Å². The second-order valence-corrected chi connectivity index (χ2v) is 6.40. The van der Waals surface area contributed by atoms with Gasteiger partial charge >= 0.3 is 12.4 Å². The maximum absolute atomic E-state index is 13.1. The number of nitrogens with zero attached hydrogens (tertiary/aromatic N) is 6. The molecule has 14 heteroatoms. The standard InChI is InChI=1S/C16H13F6N7O.C2H6/c1-8-4-10(15(17,18)19)9(5-23)13(25-8)24-6-12(30)28-2-3-29-11(7-28)26-27-14(29)16(20,21)22;1-2/h4H,2-3,6-7H2,1H3,(H,24,25);1-2H3. The number of halogens is 6. The molecular formula is C18H19F6N7O. The molecule has 3 heterocycles. The Bertz CT molecular complexity index is 1020. The fourth-order valence-corrected chi connectivity index (χ4v) is 2.99. The minimum absolute atomic E-state index is 0.0120. The average molecular weight is 463 g/mol. The number of hydrogen-bond donors (Lipinski definition) is 1. The van der Waals surface area contributed by atoms with Crippen LogP contribution >= 0.6 is 0 Å². The van der Waals surface area contributed by atoms with Crippen molar-refractivity contribution < 1.29 is 31.1 Å². The van der Waals surface area contributed by atoms with Crippen LogP contribution in [0.15, 0.2) is 6.07 Å². The van der Waals surface area contributed by atoms with Crippen LogP contribution in [0.25, 0.3) is 0 Å². The van der Waals surface area contributed by atoms with E-state index in [9.17, 15) is 31.1 Å². The highest BCUT2D eigenvalue weighted by Gasteiger charge is 2.40. The lowest BCUT2D eigenvalue weighted by Crippen LogP contribution is -2.42. The molecule has 0 saturated heterocycles. The maximum Gasteiger partial charge on any atom is 0.451 e. The third-order valence-corrected chi connectivity index (χ3v) is 4.33. The lowest BCUT2D eigenvalue weighted by molar-refractivity contribution is -0.148. The van der Waals surface area contributed by atoms with E-state index >= 15 is 0 Å². The summed E-state index contributed by atoms with van der Waals surface area (Å²) in [6, 6.07) is 2.16. The molecule has 0 spiro atoms. The number of fused-ring (bicyclic) bond motifs is 1. The molecule has 1 amide bonds. The number of nitrogens with one attached hydrogen (secondary N) is 1. The monoisotopic (exact) mass is 463 g/mol. The van der Waals surface area contributed by atoms with Gasteiger partial charge in [0.2, 0.25) is 11.7 Å². The van der Waals surface area contributed by atoms with Crippen LogP contribution in [0.5, 0.6) is 0 Å². The summed E-state index contributed by atoms with van der Waals surface area (Å²) >= 11 is 0. The summed E-state index contributed by atoms with van der Waals surface area (Å²) in [5.74, 6) is -2.24. The van der Waals surface area contributed by atoms with Crippen molar-refractivity contribution >= 4 is 11.7 Å². The first-order valence-corrected chi connectivity index (χ1v) is 9.41. The number of anilines is 1. The first-order valence-electron chi connectivity index (χ1n) is 9.41. The molecular weight excluding hydrogens is 444 g/mol. The van der Waals surface area contributed by atoms with Gasteiger partial charge in [0.05, 0.1) is 18.7 Å². The summed E-state index contributed by atoms with van der Waals surface area (Å²) in [6.07, 6.45) is -9.47. The fraction of sp³-hybridized carbons (Fsp3) is 0.500. The number of pyridine rings is 1. The number of hydrogen-bond acceptors (Lipinski definition) is 6. The smallest absolute Gasteiger partial charge is 0.360 e. The number of alkyl halides is 6. The molecule has 1 aliphatic heterocycles. The molecule has 1 N–H and O–H groups in total. The van der Waals surface area contributed by atoms with Crippen LogP contribution in [0.1, 0.15) is 42.3 Å². The summed E-state index contributed by atoms with van der Waals surface area (Å²) in [6.45, 7) is 4.29. The van der Waals surface area contributed by atoms with Gasteiger partial charge in [-0.15, -0.1) is 10.2 Å². The number of carbonyl (C=O) groups is 1. The Balaban J connectivity index is 0.00000176. The van der Waals surface area contributed by atoms with Crippen molar-refractivity contribution in [1.29, 1.82) is 5.26 Å². The van der Waals surface area contributed by atoms with Crippen LogP contribution in [0, 0.1) is 18.3 Å². The zero-order valence-corrected chi connectivity index (χ0v) is 17.3. The normalized spacial score (nSPS) is 13.6. The van der Waals surface area contributed by atoms with Gasteiger partial charge in [0.15, 0.2) is 5.82 Å². The molecule has 0 atom stereocenters. The molecule has 0 radical (unpaired) electrons. The van der Waals surface area contributed by atoms with E-state index in [1.807, 2.05) is 13.8 Å². The van der Waals surface area contributed by atoms with Crippen LogP contribution in [0.3, 0.4) is 0 Å². The van der Waals surface area contributed by atoms with E-state index in [4.69, 9.17) is 5.26 Å². The van der Waals surface area contributed by atoms with Crippen LogP contribution in [-0.2, 0) is 30.2 Å². The molecule has 0 unspecified atom stereocenters. The van der Waals surface area contributed by atoms with Crippen molar-refractivity contribution in [1.82, 2.24) is 24.6 Å². The number of amides is 1. The molecule has 1 aliphatic rings. The van der Waals surface area contributed by atoms with E-state index in [1.165, 1.54) is 17.9 Å². The quantitative estimate of drug-likeness (QED) is 0.701. The molecule has 8 nitrogen and oxygen atoms in total. The third-order valence-electron chi connectivity index (χ3n) is 4.33. The Morgan fingerprint density at radius 2 is 1.81 bits per heavy atom. The number of nitriles is 1. The minimum atomic E-state index is -4.79.